The zero-order valence-electron chi connectivity index (χ0n) is 15.0. The fraction of sp³-hybridized carbons (Fsp3) is 0.150. The van der Waals surface area contributed by atoms with Gasteiger partial charge >= 0.3 is 0 Å². The van der Waals surface area contributed by atoms with E-state index in [4.69, 9.17) is 12.2 Å². The van der Waals surface area contributed by atoms with Crippen molar-refractivity contribution >= 4 is 44.9 Å². The molecule has 0 aliphatic rings. The second-order valence-electron chi connectivity index (χ2n) is 6.20. The molecule has 3 aromatic rings. The fourth-order valence-electron chi connectivity index (χ4n) is 2.68. The number of benzene rings is 2. The molecule has 5 nitrogen and oxygen atoms in total. The van der Waals surface area contributed by atoms with Crippen LogP contribution in [0.1, 0.15) is 32.9 Å². The summed E-state index contributed by atoms with van der Waals surface area (Å²) in [6, 6.07) is 15.0. The lowest BCUT2D eigenvalue weighted by Crippen LogP contribution is -2.34. The number of nitrogens with zero attached hydrogens (tertiary/aromatic N) is 1. The van der Waals surface area contributed by atoms with Gasteiger partial charge in [-0.2, -0.15) is 5.10 Å². The monoisotopic (exact) mass is 442 g/mol. The number of aromatic amines is 1. The van der Waals surface area contributed by atoms with Crippen molar-refractivity contribution in [1.82, 2.24) is 15.5 Å². The van der Waals surface area contributed by atoms with Gasteiger partial charge in [0.05, 0.1) is 5.69 Å². The number of hydrogen-bond donors (Lipinski definition) is 3. The zero-order valence-corrected chi connectivity index (χ0v) is 17.4. The third-order valence-corrected chi connectivity index (χ3v) is 4.94. The molecule has 1 aromatic heterocycles. The number of nitrogens with one attached hydrogen (secondary N) is 3. The van der Waals surface area contributed by atoms with E-state index in [2.05, 4.69) is 36.8 Å². The summed E-state index contributed by atoms with van der Waals surface area (Å²) in [5.74, 6) is -0.248. The molecule has 1 heterocycles. The topological polar surface area (TPSA) is 69.8 Å². The van der Waals surface area contributed by atoms with E-state index in [0.717, 1.165) is 28.0 Å². The lowest BCUT2D eigenvalue weighted by atomic mass is 10.0. The normalized spacial score (nSPS) is 10.5. The summed E-state index contributed by atoms with van der Waals surface area (Å²) in [5, 5.41) is 13.2. The smallest absolute Gasteiger partial charge is 0.257 e. The van der Waals surface area contributed by atoms with Crippen molar-refractivity contribution in [1.29, 1.82) is 0 Å². The molecule has 0 unspecified atom stereocenters. The number of H-pyrrole nitrogens is 1. The van der Waals surface area contributed by atoms with Crippen LogP contribution < -0.4 is 10.6 Å². The Kier molecular flexibility index (Phi) is 6.03. The van der Waals surface area contributed by atoms with Crippen molar-refractivity contribution in [2.24, 2.45) is 0 Å². The number of aryl methyl sites for hydroxylation is 2. The van der Waals surface area contributed by atoms with Crippen LogP contribution in [-0.2, 0) is 6.42 Å². The Morgan fingerprint density at radius 3 is 2.37 bits per heavy atom. The van der Waals surface area contributed by atoms with Crippen LogP contribution in [0, 0.1) is 13.8 Å². The Morgan fingerprint density at radius 2 is 1.78 bits per heavy atom. The van der Waals surface area contributed by atoms with Crippen molar-refractivity contribution in [3.05, 3.63) is 81.1 Å². The van der Waals surface area contributed by atoms with Gasteiger partial charge in [-0.3, -0.25) is 15.2 Å². The van der Waals surface area contributed by atoms with E-state index in [9.17, 15) is 4.79 Å². The highest BCUT2D eigenvalue weighted by atomic mass is 79.9. The second kappa shape index (κ2) is 8.45. The summed E-state index contributed by atoms with van der Waals surface area (Å²) < 4.78 is 0.917. The third kappa shape index (κ3) is 5.02. The highest BCUT2D eigenvalue weighted by molar-refractivity contribution is 9.10. The van der Waals surface area contributed by atoms with Crippen molar-refractivity contribution in [3.63, 3.8) is 0 Å². The lowest BCUT2D eigenvalue weighted by molar-refractivity contribution is 0.0977. The number of aromatic nitrogens is 2. The molecule has 0 atom stereocenters. The first-order valence-corrected chi connectivity index (χ1v) is 9.60. The lowest BCUT2D eigenvalue weighted by Gasteiger charge is -2.10. The Morgan fingerprint density at radius 1 is 1.11 bits per heavy atom. The predicted molar refractivity (Wildman–Crippen MR) is 115 cm³/mol. The van der Waals surface area contributed by atoms with E-state index < -0.39 is 0 Å². The molecule has 0 saturated carbocycles. The molecule has 0 radical (unpaired) electrons. The second-order valence-corrected chi connectivity index (χ2v) is 7.53. The molecule has 1 amide bonds. The van der Waals surface area contributed by atoms with Crippen LogP contribution in [0.25, 0.3) is 0 Å². The van der Waals surface area contributed by atoms with Crippen LogP contribution >= 0.6 is 28.1 Å². The van der Waals surface area contributed by atoms with Crippen molar-refractivity contribution in [3.8, 4) is 0 Å². The summed E-state index contributed by atoms with van der Waals surface area (Å²) in [6.45, 7) is 4.03. The summed E-state index contributed by atoms with van der Waals surface area (Å²) in [6.07, 6.45) is 0.819. The molecule has 0 spiro atoms. The molecule has 27 heavy (non-hydrogen) atoms. The zero-order chi connectivity index (χ0) is 19.4. The highest BCUT2D eigenvalue weighted by Crippen LogP contribution is 2.17. The molecule has 0 bridgehead atoms. The molecule has 2 aromatic carbocycles. The van der Waals surface area contributed by atoms with E-state index in [1.165, 1.54) is 11.1 Å². The van der Waals surface area contributed by atoms with Gasteiger partial charge in [-0.15, -0.1) is 0 Å². The first-order valence-electron chi connectivity index (χ1n) is 8.39. The molecule has 7 heteroatoms. The van der Waals surface area contributed by atoms with Gasteiger partial charge in [0.25, 0.3) is 5.91 Å². The van der Waals surface area contributed by atoms with Gasteiger partial charge in [0.15, 0.2) is 5.11 Å². The van der Waals surface area contributed by atoms with E-state index in [-0.39, 0.29) is 11.0 Å². The number of hydrogen-bond acceptors (Lipinski definition) is 3. The molecule has 3 N–H and O–H groups in total. The Labute approximate surface area is 171 Å². The van der Waals surface area contributed by atoms with Gasteiger partial charge in [0, 0.05) is 33.4 Å². The maximum atomic E-state index is 12.2. The van der Waals surface area contributed by atoms with Gasteiger partial charge in [-0.25, -0.2) is 0 Å². The maximum Gasteiger partial charge on any atom is 0.257 e. The summed E-state index contributed by atoms with van der Waals surface area (Å²) in [4.78, 5) is 12.2. The number of halogens is 1. The van der Waals surface area contributed by atoms with Crippen LogP contribution in [0.4, 0.5) is 5.69 Å². The standard InChI is InChI=1S/C20H19BrN4OS/c1-12-18(13(2)25-24-12)11-14-3-9-17(10-4-14)22-20(27)23-19(26)15-5-7-16(21)8-6-15/h3-10H,11H2,1-2H3,(H,24,25)(H2,22,23,26,27). The van der Waals surface area contributed by atoms with Gasteiger partial charge in [0.1, 0.15) is 0 Å². The van der Waals surface area contributed by atoms with E-state index in [0.29, 0.717) is 5.56 Å². The van der Waals surface area contributed by atoms with Gasteiger partial charge < -0.3 is 5.32 Å². The molecular weight excluding hydrogens is 424 g/mol. The number of rotatable bonds is 4. The van der Waals surface area contributed by atoms with Crippen molar-refractivity contribution in [2.45, 2.75) is 20.3 Å². The van der Waals surface area contributed by atoms with Gasteiger partial charge in [-0.1, -0.05) is 28.1 Å². The van der Waals surface area contributed by atoms with Crippen LogP contribution in [0.15, 0.2) is 53.0 Å². The average molecular weight is 443 g/mol. The van der Waals surface area contributed by atoms with Crippen LogP contribution in [0.5, 0.6) is 0 Å². The molecular formula is C20H19BrN4OS. The first-order chi connectivity index (χ1) is 12.9. The molecule has 3 rings (SSSR count). The number of carbonyl (C=O) groups is 1. The number of amides is 1. The van der Waals surface area contributed by atoms with E-state index in [1.54, 1.807) is 12.1 Å². The quantitative estimate of drug-likeness (QED) is 0.519. The number of thiocarbonyl (C=S) groups is 1. The van der Waals surface area contributed by atoms with Crippen LogP contribution in [-0.4, -0.2) is 21.2 Å². The molecule has 0 aliphatic heterocycles. The van der Waals surface area contributed by atoms with Gasteiger partial charge in [-0.05, 0) is 68.0 Å². The number of carbonyl (C=O) groups excluding carboxylic acids is 1. The fourth-order valence-corrected chi connectivity index (χ4v) is 3.16. The first kappa shape index (κ1) is 19.3. The van der Waals surface area contributed by atoms with Crippen molar-refractivity contribution in [2.75, 3.05) is 5.32 Å². The minimum atomic E-state index is -0.248. The molecule has 0 saturated heterocycles. The molecule has 0 aliphatic carbocycles. The summed E-state index contributed by atoms with van der Waals surface area (Å²) >= 11 is 8.58. The number of anilines is 1. The highest BCUT2D eigenvalue weighted by Gasteiger charge is 2.09. The van der Waals surface area contributed by atoms with Crippen molar-refractivity contribution < 1.29 is 4.79 Å². The minimum absolute atomic E-state index is 0.248. The van der Waals surface area contributed by atoms with E-state index in [1.807, 2.05) is 50.2 Å². The maximum absolute atomic E-state index is 12.2. The largest absolute Gasteiger partial charge is 0.332 e. The Bertz CT molecular complexity index is 945. The van der Waals surface area contributed by atoms with Crippen LogP contribution in [0.2, 0.25) is 0 Å². The summed E-state index contributed by atoms with van der Waals surface area (Å²) in [7, 11) is 0. The van der Waals surface area contributed by atoms with E-state index >= 15 is 0 Å². The Balaban J connectivity index is 1.58. The van der Waals surface area contributed by atoms with Gasteiger partial charge in [0.2, 0.25) is 0 Å². The average Bonchev–Trinajstić information content (AvgIpc) is 2.95. The third-order valence-electron chi connectivity index (χ3n) is 4.21. The predicted octanol–water partition coefficient (Wildman–Crippen LogP) is 4.51. The molecule has 0 fully saturated rings. The molecule has 138 valence electrons. The van der Waals surface area contributed by atoms with Crippen LogP contribution in [0.3, 0.4) is 0 Å². The minimum Gasteiger partial charge on any atom is -0.332 e. The Hall–Kier alpha value is -2.51. The SMILES string of the molecule is Cc1n[nH]c(C)c1Cc1ccc(NC(=S)NC(=O)c2ccc(Br)cc2)cc1. The summed E-state index contributed by atoms with van der Waals surface area (Å²) in [5.41, 5.74) is 5.87.